The Morgan fingerprint density at radius 3 is 2.14 bits per heavy atom. The minimum atomic E-state index is -0.158. The van der Waals surface area contributed by atoms with Crippen molar-refractivity contribution >= 4 is 11.6 Å². The molecule has 0 aliphatic heterocycles. The number of hydrogen-bond donors (Lipinski definition) is 0. The lowest BCUT2D eigenvalue weighted by atomic mass is 9.96. The van der Waals surface area contributed by atoms with Crippen LogP contribution in [0.15, 0.2) is 53.5 Å². The normalized spacial score (nSPS) is 12.3. The molecule has 2 aromatic rings. The van der Waals surface area contributed by atoms with Gasteiger partial charge in [-0.25, -0.2) is 4.99 Å². The molecule has 0 aliphatic carbocycles. The molecular weight excluding hydrogens is 258 g/mol. The van der Waals surface area contributed by atoms with Crippen LogP contribution in [0.5, 0.6) is 5.75 Å². The summed E-state index contributed by atoms with van der Waals surface area (Å²) >= 11 is 0. The first-order chi connectivity index (χ1) is 9.86. The highest BCUT2D eigenvalue weighted by molar-refractivity contribution is 5.86. The second kappa shape index (κ2) is 6.13. The number of hydrogen-bond acceptors (Lipinski definition) is 2. The van der Waals surface area contributed by atoms with Crippen molar-refractivity contribution in [3.63, 3.8) is 0 Å². The van der Waals surface area contributed by atoms with Crippen LogP contribution in [0.1, 0.15) is 31.9 Å². The Balaban J connectivity index is 2.36. The fraction of sp³-hybridized carbons (Fsp3) is 0.316. The monoisotopic (exact) mass is 281 g/mol. The van der Waals surface area contributed by atoms with Gasteiger partial charge in [-0.2, -0.15) is 0 Å². The van der Waals surface area contributed by atoms with Crippen molar-refractivity contribution in [2.75, 3.05) is 0 Å². The van der Waals surface area contributed by atoms with Crippen LogP contribution in [0, 0.1) is 19.3 Å². The Morgan fingerprint density at radius 2 is 1.57 bits per heavy atom. The molecule has 0 unspecified atom stereocenters. The van der Waals surface area contributed by atoms with E-state index in [9.17, 15) is 0 Å². The largest absolute Gasteiger partial charge is 0.442 e. The third-order valence-electron chi connectivity index (χ3n) is 3.32. The molecule has 2 heteroatoms. The molecule has 0 heterocycles. The summed E-state index contributed by atoms with van der Waals surface area (Å²) < 4.78 is 6.00. The van der Waals surface area contributed by atoms with Gasteiger partial charge in [-0.15, -0.1) is 0 Å². The smallest absolute Gasteiger partial charge is 0.200 e. The van der Waals surface area contributed by atoms with Gasteiger partial charge in [-0.3, -0.25) is 0 Å². The number of aliphatic imine (C=N–C) groups is 1. The van der Waals surface area contributed by atoms with E-state index in [0.29, 0.717) is 0 Å². The van der Waals surface area contributed by atoms with Crippen LogP contribution >= 0.6 is 0 Å². The standard InChI is InChI=1S/C19H23NO/c1-14-11-12-16(13-15(14)2)20-18(19(3,4)5)21-17-9-7-6-8-10-17/h6-13H,1-5H3. The molecule has 0 bridgehead atoms. The molecule has 21 heavy (non-hydrogen) atoms. The van der Waals surface area contributed by atoms with E-state index in [1.54, 1.807) is 0 Å². The quantitative estimate of drug-likeness (QED) is 0.529. The van der Waals surface area contributed by atoms with Gasteiger partial charge >= 0.3 is 0 Å². The van der Waals surface area contributed by atoms with Crippen LogP contribution in [-0.4, -0.2) is 5.90 Å². The topological polar surface area (TPSA) is 21.6 Å². The van der Waals surface area contributed by atoms with E-state index < -0.39 is 0 Å². The number of rotatable bonds is 2. The number of benzene rings is 2. The fourth-order valence-electron chi connectivity index (χ4n) is 1.86. The fourth-order valence-corrected chi connectivity index (χ4v) is 1.86. The summed E-state index contributed by atoms with van der Waals surface area (Å²) in [5.74, 6) is 1.53. The van der Waals surface area contributed by atoms with E-state index >= 15 is 0 Å². The van der Waals surface area contributed by atoms with E-state index in [1.807, 2.05) is 36.4 Å². The summed E-state index contributed by atoms with van der Waals surface area (Å²) in [6, 6.07) is 16.0. The summed E-state index contributed by atoms with van der Waals surface area (Å²) in [6.07, 6.45) is 0. The molecule has 0 aliphatic rings. The maximum absolute atomic E-state index is 6.00. The zero-order valence-corrected chi connectivity index (χ0v) is 13.5. The number of aryl methyl sites for hydroxylation is 2. The molecule has 0 spiro atoms. The summed E-state index contributed by atoms with van der Waals surface area (Å²) in [4.78, 5) is 4.72. The zero-order chi connectivity index (χ0) is 15.5. The third kappa shape index (κ3) is 4.19. The lowest BCUT2D eigenvalue weighted by Crippen LogP contribution is -2.26. The Morgan fingerprint density at radius 1 is 0.905 bits per heavy atom. The van der Waals surface area contributed by atoms with E-state index in [1.165, 1.54) is 11.1 Å². The molecular formula is C19H23NO. The minimum Gasteiger partial charge on any atom is -0.442 e. The molecule has 2 aromatic carbocycles. The average molecular weight is 281 g/mol. The SMILES string of the molecule is Cc1ccc(N=C(Oc2ccccc2)C(C)(C)C)cc1C. The predicted octanol–water partition coefficient (Wildman–Crippen LogP) is 5.46. The predicted molar refractivity (Wildman–Crippen MR) is 89.5 cm³/mol. The van der Waals surface area contributed by atoms with Crippen molar-refractivity contribution in [3.8, 4) is 5.75 Å². The highest BCUT2D eigenvalue weighted by Gasteiger charge is 2.22. The Bertz CT molecular complexity index is 636. The van der Waals surface area contributed by atoms with Crippen molar-refractivity contribution in [1.29, 1.82) is 0 Å². The molecule has 0 saturated heterocycles. The minimum absolute atomic E-state index is 0.158. The summed E-state index contributed by atoms with van der Waals surface area (Å²) in [7, 11) is 0. The summed E-state index contributed by atoms with van der Waals surface area (Å²) in [6.45, 7) is 10.5. The molecule has 0 amide bonds. The molecule has 0 fully saturated rings. The van der Waals surface area contributed by atoms with E-state index in [2.05, 4.69) is 46.8 Å². The Hall–Kier alpha value is -2.09. The Kier molecular flexibility index (Phi) is 4.46. The van der Waals surface area contributed by atoms with Crippen LogP contribution in [0.25, 0.3) is 0 Å². The van der Waals surface area contributed by atoms with Crippen molar-refractivity contribution in [2.45, 2.75) is 34.6 Å². The van der Waals surface area contributed by atoms with Gasteiger partial charge in [-0.1, -0.05) is 45.0 Å². The van der Waals surface area contributed by atoms with Gasteiger partial charge in [-0.05, 0) is 49.2 Å². The first-order valence-electron chi connectivity index (χ1n) is 7.25. The van der Waals surface area contributed by atoms with Crippen molar-refractivity contribution in [1.82, 2.24) is 0 Å². The first-order valence-corrected chi connectivity index (χ1v) is 7.25. The highest BCUT2D eigenvalue weighted by atomic mass is 16.5. The molecule has 0 radical (unpaired) electrons. The number of ether oxygens (including phenoxy) is 1. The number of para-hydroxylation sites is 1. The van der Waals surface area contributed by atoms with E-state index in [0.717, 1.165) is 17.3 Å². The molecule has 0 atom stereocenters. The van der Waals surface area contributed by atoms with Gasteiger partial charge in [0.1, 0.15) is 5.75 Å². The van der Waals surface area contributed by atoms with Crippen LogP contribution in [0.4, 0.5) is 5.69 Å². The van der Waals surface area contributed by atoms with Crippen molar-refractivity contribution in [2.24, 2.45) is 10.4 Å². The molecule has 2 rings (SSSR count). The van der Waals surface area contributed by atoms with E-state index in [4.69, 9.17) is 9.73 Å². The van der Waals surface area contributed by atoms with Gasteiger partial charge in [0, 0.05) is 5.41 Å². The maximum Gasteiger partial charge on any atom is 0.200 e. The zero-order valence-electron chi connectivity index (χ0n) is 13.5. The Labute approximate surface area is 127 Å². The van der Waals surface area contributed by atoms with Crippen LogP contribution in [0.3, 0.4) is 0 Å². The molecule has 110 valence electrons. The van der Waals surface area contributed by atoms with E-state index in [-0.39, 0.29) is 5.41 Å². The van der Waals surface area contributed by atoms with Crippen molar-refractivity contribution < 1.29 is 4.74 Å². The van der Waals surface area contributed by atoms with Gasteiger partial charge < -0.3 is 4.74 Å². The molecule has 0 saturated carbocycles. The van der Waals surface area contributed by atoms with Gasteiger partial charge in [0.15, 0.2) is 0 Å². The van der Waals surface area contributed by atoms with Gasteiger partial charge in [0.05, 0.1) is 5.69 Å². The van der Waals surface area contributed by atoms with Crippen LogP contribution in [-0.2, 0) is 0 Å². The van der Waals surface area contributed by atoms with Crippen LogP contribution in [0.2, 0.25) is 0 Å². The highest BCUT2D eigenvalue weighted by Crippen LogP contribution is 2.25. The van der Waals surface area contributed by atoms with Gasteiger partial charge in [0.25, 0.3) is 0 Å². The lowest BCUT2D eigenvalue weighted by Gasteiger charge is -2.21. The first kappa shape index (κ1) is 15.3. The summed E-state index contributed by atoms with van der Waals surface area (Å²) in [5.41, 5.74) is 3.28. The number of nitrogens with zero attached hydrogens (tertiary/aromatic N) is 1. The summed E-state index contributed by atoms with van der Waals surface area (Å²) in [5, 5.41) is 0. The van der Waals surface area contributed by atoms with Crippen molar-refractivity contribution in [3.05, 3.63) is 59.7 Å². The molecule has 0 aromatic heterocycles. The lowest BCUT2D eigenvalue weighted by molar-refractivity contribution is 0.434. The second-order valence-electron chi connectivity index (χ2n) is 6.35. The van der Waals surface area contributed by atoms with Gasteiger partial charge in [0.2, 0.25) is 5.90 Å². The molecule has 0 N–H and O–H groups in total. The average Bonchev–Trinajstić information content (AvgIpc) is 2.42. The third-order valence-corrected chi connectivity index (χ3v) is 3.32. The maximum atomic E-state index is 6.00. The van der Waals surface area contributed by atoms with Crippen LogP contribution < -0.4 is 4.74 Å². The second-order valence-corrected chi connectivity index (χ2v) is 6.35. The molecule has 2 nitrogen and oxygen atoms in total.